The van der Waals surface area contributed by atoms with Gasteiger partial charge in [-0.2, -0.15) is 5.10 Å². The number of ether oxygens (including phenoxy) is 1. The molecule has 39 heavy (non-hydrogen) atoms. The lowest BCUT2D eigenvalue weighted by atomic mass is 10.2. The summed E-state index contributed by atoms with van der Waals surface area (Å²) in [6.07, 6.45) is 3.69. The Labute approximate surface area is 225 Å². The van der Waals surface area contributed by atoms with E-state index >= 15 is 0 Å². The quantitative estimate of drug-likeness (QED) is 0.228. The first kappa shape index (κ1) is 23.9. The van der Waals surface area contributed by atoms with Crippen molar-refractivity contribution < 1.29 is 13.9 Å². The lowest BCUT2D eigenvalue weighted by molar-refractivity contribution is 0.102. The van der Waals surface area contributed by atoms with E-state index in [9.17, 15) is 4.79 Å². The Morgan fingerprint density at radius 1 is 0.923 bits per heavy atom. The molecule has 0 spiro atoms. The SMILES string of the molecule is COc1ccccc1NC(=O)c1ccc(N=Cc2cn(-c3ccccc3)nc2-c2cc3ccccc3o2)cc1. The van der Waals surface area contributed by atoms with Crippen LogP contribution in [0.4, 0.5) is 11.4 Å². The van der Waals surface area contributed by atoms with Gasteiger partial charge in [0.15, 0.2) is 5.76 Å². The number of furan rings is 1. The zero-order valence-corrected chi connectivity index (χ0v) is 21.1. The van der Waals surface area contributed by atoms with Crippen molar-refractivity contribution in [2.24, 2.45) is 4.99 Å². The number of para-hydroxylation sites is 4. The molecule has 0 radical (unpaired) electrons. The van der Waals surface area contributed by atoms with Gasteiger partial charge in [0.2, 0.25) is 0 Å². The van der Waals surface area contributed by atoms with E-state index in [2.05, 4.69) is 10.3 Å². The third-order valence-electron chi connectivity index (χ3n) is 6.26. The van der Waals surface area contributed by atoms with Crippen LogP contribution in [0.25, 0.3) is 28.1 Å². The number of rotatable bonds is 7. The van der Waals surface area contributed by atoms with E-state index in [1.165, 1.54) is 0 Å². The van der Waals surface area contributed by atoms with Crippen molar-refractivity contribution in [2.75, 3.05) is 12.4 Å². The fourth-order valence-electron chi connectivity index (χ4n) is 4.27. The first-order valence-corrected chi connectivity index (χ1v) is 12.4. The second-order valence-electron chi connectivity index (χ2n) is 8.82. The molecule has 1 amide bonds. The van der Waals surface area contributed by atoms with Gasteiger partial charge in [-0.3, -0.25) is 9.79 Å². The highest BCUT2D eigenvalue weighted by molar-refractivity contribution is 6.05. The molecule has 0 fully saturated rings. The molecule has 0 bridgehead atoms. The van der Waals surface area contributed by atoms with Crippen molar-refractivity contribution >= 4 is 34.5 Å². The number of nitrogens with zero attached hydrogens (tertiary/aromatic N) is 3. The predicted molar refractivity (Wildman–Crippen MR) is 153 cm³/mol. The summed E-state index contributed by atoms with van der Waals surface area (Å²) in [6.45, 7) is 0. The number of aromatic nitrogens is 2. The van der Waals surface area contributed by atoms with Crippen LogP contribution in [0.15, 0.2) is 125 Å². The monoisotopic (exact) mass is 512 g/mol. The van der Waals surface area contributed by atoms with Crippen molar-refractivity contribution in [3.63, 3.8) is 0 Å². The van der Waals surface area contributed by atoms with Crippen LogP contribution in [0, 0.1) is 0 Å². The van der Waals surface area contributed by atoms with Gasteiger partial charge in [-0.15, -0.1) is 0 Å². The minimum Gasteiger partial charge on any atom is -0.495 e. The van der Waals surface area contributed by atoms with E-state index in [4.69, 9.17) is 14.3 Å². The number of amides is 1. The summed E-state index contributed by atoms with van der Waals surface area (Å²) in [5, 5.41) is 8.71. The van der Waals surface area contributed by atoms with Crippen LogP contribution in [-0.2, 0) is 0 Å². The molecule has 7 heteroatoms. The maximum Gasteiger partial charge on any atom is 0.255 e. The first-order valence-electron chi connectivity index (χ1n) is 12.4. The number of nitrogens with one attached hydrogen (secondary N) is 1. The number of methoxy groups -OCH3 is 1. The highest BCUT2D eigenvalue weighted by atomic mass is 16.5. The van der Waals surface area contributed by atoms with Crippen molar-refractivity contribution in [2.45, 2.75) is 0 Å². The van der Waals surface area contributed by atoms with Gasteiger partial charge in [0, 0.05) is 28.9 Å². The summed E-state index contributed by atoms with van der Waals surface area (Å²) in [4.78, 5) is 17.4. The second-order valence-corrected chi connectivity index (χ2v) is 8.82. The fourth-order valence-corrected chi connectivity index (χ4v) is 4.27. The highest BCUT2D eigenvalue weighted by Gasteiger charge is 2.16. The summed E-state index contributed by atoms with van der Waals surface area (Å²) < 4.78 is 13.2. The van der Waals surface area contributed by atoms with Crippen LogP contribution in [-0.4, -0.2) is 29.0 Å². The molecule has 0 saturated heterocycles. The summed E-state index contributed by atoms with van der Waals surface area (Å²) in [7, 11) is 1.57. The summed E-state index contributed by atoms with van der Waals surface area (Å²) in [5.74, 6) is 1.03. The minimum atomic E-state index is -0.230. The van der Waals surface area contributed by atoms with Crippen LogP contribution in [0.3, 0.4) is 0 Å². The normalized spacial score (nSPS) is 11.2. The average molecular weight is 513 g/mol. The topological polar surface area (TPSA) is 81.6 Å². The summed E-state index contributed by atoms with van der Waals surface area (Å²) >= 11 is 0. The summed E-state index contributed by atoms with van der Waals surface area (Å²) in [6, 6.07) is 34.1. The molecule has 4 aromatic carbocycles. The van der Waals surface area contributed by atoms with Crippen LogP contribution < -0.4 is 10.1 Å². The van der Waals surface area contributed by atoms with Gasteiger partial charge in [-0.25, -0.2) is 4.68 Å². The van der Waals surface area contributed by atoms with Gasteiger partial charge >= 0.3 is 0 Å². The van der Waals surface area contributed by atoms with E-state index in [1.807, 2.05) is 83.7 Å². The molecule has 1 N–H and O–H groups in total. The Morgan fingerprint density at radius 2 is 1.67 bits per heavy atom. The third kappa shape index (κ3) is 5.06. The van der Waals surface area contributed by atoms with Crippen molar-refractivity contribution in [1.82, 2.24) is 9.78 Å². The van der Waals surface area contributed by atoms with Gasteiger partial charge in [0.1, 0.15) is 17.0 Å². The molecule has 0 atom stereocenters. The van der Waals surface area contributed by atoms with E-state index in [0.29, 0.717) is 34.1 Å². The summed E-state index contributed by atoms with van der Waals surface area (Å²) in [5.41, 5.74) is 5.04. The smallest absolute Gasteiger partial charge is 0.255 e. The third-order valence-corrected chi connectivity index (χ3v) is 6.26. The number of aliphatic imine (C=N–C) groups is 1. The molecule has 0 aliphatic heterocycles. The maximum atomic E-state index is 12.8. The lowest BCUT2D eigenvalue weighted by Gasteiger charge is -2.09. The number of hydrogen-bond acceptors (Lipinski definition) is 5. The van der Waals surface area contributed by atoms with Crippen LogP contribution in [0.2, 0.25) is 0 Å². The van der Waals surface area contributed by atoms with Crippen LogP contribution in [0.1, 0.15) is 15.9 Å². The Balaban J connectivity index is 1.28. The average Bonchev–Trinajstić information content (AvgIpc) is 3.61. The highest BCUT2D eigenvalue weighted by Crippen LogP contribution is 2.30. The number of anilines is 1. The molecule has 2 heterocycles. The minimum absolute atomic E-state index is 0.230. The zero-order chi connectivity index (χ0) is 26.6. The predicted octanol–water partition coefficient (Wildman–Crippen LogP) is 7.30. The molecule has 0 unspecified atom stereocenters. The molecule has 6 aromatic rings. The van der Waals surface area contributed by atoms with Gasteiger partial charge in [0.25, 0.3) is 5.91 Å². The Kier molecular flexibility index (Phi) is 6.45. The maximum absolute atomic E-state index is 12.8. The molecule has 0 aliphatic carbocycles. The van der Waals surface area contributed by atoms with Gasteiger partial charge in [-0.1, -0.05) is 48.5 Å². The van der Waals surface area contributed by atoms with Gasteiger partial charge in [0.05, 0.1) is 24.2 Å². The van der Waals surface area contributed by atoms with E-state index in [-0.39, 0.29) is 5.91 Å². The Morgan fingerprint density at radius 3 is 2.46 bits per heavy atom. The molecule has 0 aliphatic rings. The standard InChI is InChI=1S/C32H24N4O3/c1-38-29-14-8-6-12-27(29)34-32(37)22-15-17-25(18-16-22)33-20-24-21-36(26-10-3-2-4-11-26)35-31(24)30-19-23-9-5-7-13-28(23)39-30/h2-21H,1H3,(H,34,37). The molecular weight excluding hydrogens is 488 g/mol. The molecule has 7 nitrogen and oxygen atoms in total. The van der Waals surface area contributed by atoms with E-state index in [1.54, 1.807) is 49.7 Å². The molecule has 6 rings (SSSR count). The van der Waals surface area contributed by atoms with E-state index in [0.717, 1.165) is 22.2 Å². The van der Waals surface area contributed by atoms with Crippen molar-refractivity contribution in [3.8, 4) is 22.9 Å². The fraction of sp³-hybridized carbons (Fsp3) is 0.0312. The van der Waals surface area contributed by atoms with Crippen LogP contribution in [0.5, 0.6) is 5.75 Å². The molecular formula is C32H24N4O3. The molecule has 190 valence electrons. The number of hydrogen-bond donors (Lipinski definition) is 1. The number of carbonyl (C=O) groups excluding carboxylic acids is 1. The van der Waals surface area contributed by atoms with Crippen molar-refractivity contribution in [1.29, 1.82) is 0 Å². The number of carbonyl (C=O) groups is 1. The van der Waals surface area contributed by atoms with Crippen molar-refractivity contribution in [3.05, 3.63) is 127 Å². The molecule has 0 saturated carbocycles. The largest absolute Gasteiger partial charge is 0.495 e. The number of fused-ring (bicyclic) bond motifs is 1. The Bertz CT molecular complexity index is 1750. The molecule has 2 aromatic heterocycles. The van der Waals surface area contributed by atoms with Crippen LogP contribution >= 0.6 is 0 Å². The second kappa shape index (κ2) is 10.5. The lowest BCUT2D eigenvalue weighted by Crippen LogP contribution is -2.12. The Hall–Kier alpha value is -5.43. The zero-order valence-electron chi connectivity index (χ0n) is 21.1. The van der Waals surface area contributed by atoms with Gasteiger partial charge in [-0.05, 0) is 60.7 Å². The van der Waals surface area contributed by atoms with E-state index < -0.39 is 0 Å². The van der Waals surface area contributed by atoms with Gasteiger partial charge < -0.3 is 14.5 Å². The first-order chi connectivity index (χ1) is 19.2. The number of benzene rings is 4.